The zero-order valence-corrected chi connectivity index (χ0v) is 13.3. The van der Waals surface area contributed by atoms with Crippen molar-refractivity contribution in [1.82, 2.24) is 4.90 Å². The van der Waals surface area contributed by atoms with E-state index in [0.717, 1.165) is 19.5 Å². The molecule has 0 amide bonds. The molecule has 0 aliphatic heterocycles. The molecule has 2 aromatic rings. The van der Waals surface area contributed by atoms with Gasteiger partial charge in [0.2, 0.25) is 0 Å². The minimum Gasteiger partial charge on any atom is -0.393 e. The number of benzene rings is 1. The summed E-state index contributed by atoms with van der Waals surface area (Å²) in [5.74, 6) is 0. The van der Waals surface area contributed by atoms with Crippen LogP contribution in [0.4, 0.5) is 0 Å². The molecule has 1 atom stereocenters. The van der Waals surface area contributed by atoms with Gasteiger partial charge in [-0.15, -0.1) is 11.3 Å². The van der Waals surface area contributed by atoms with Crippen LogP contribution in [0.2, 0.25) is 0 Å². The summed E-state index contributed by atoms with van der Waals surface area (Å²) in [4.78, 5) is 4.37. The molecule has 0 saturated carbocycles. The van der Waals surface area contributed by atoms with Gasteiger partial charge in [0.25, 0.3) is 0 Å². The Morgan fingerprint density at radius 1 is 1.25 bits per heavy atom. The second-order valence-electron chi connectivity index (χ2n) is 4.74. The fourth-order valence-corrected chi connectivity index (χ4v) is 3.26. The summed E-state index contributed by atoms with van der Waals surface area (Å²) in [5.41, 5.74) is 7.08. The van der Waals surface area contributed by atoms with E-state index in [1.54, 1.807) is 11.3 Å². The van der Waals surface area contributed by atoms with E-state index < -0.39 is 0 Å². The maximum absolute atomic E-state index is 5.80. The minimum atomic E-state index is 0.251. The van der Waals surface area contributed by atoms with Gasteiger partial charge in [-0.25, -0.2) is 0 Å². The number of rotatable bonds is 7. The maximum Gasteiger partial charge on any atom is 0.0746 e. The first-order chi connectivity index (χ1) is 9.70. The van der Waals surface area contributed by atoms with E-state index in [4.69, 9.17) is 18.0 Å². The predicted molar refractivity (Wildman–Crippen MR) is 91.0 cm³/mol. The summed E-state index contributed by atoms with van der Waals surface area (Å²) in [6.07, 6.45) is 0.721. The molecule has 1 heterocycles. The first kappa shape index (κ1) is 15.2. The fraction of sp³-hybridized carbons (Fsp3) is 0.312. The van der Waals surface area contributed by atoms with Crippen molar-refractivity contribution < 1.29 is 0 Å². The molecule has 1 aromatic carbocycles. The van der Waals surface area contributed by atoms with Gasteiger partial charge >= 0.3 is 0 Å². The number of hydrogen-bond donors (Lipinski definition) is 1. The van der Waals surface area contributed by atoms with Gasteiger partial charge in [0.05, 0.1) is 4.99 Å². The number of thiocarbonyl (C=S) groups is 1. The molecule has 2 nitrogen and oxygen atoms in total. The molecule has 0 aliphatic rings. The van der Waals surface area contributed by atoms with Crippen LogP contribution in [0.5, 0.6) is 0 Å². The first-order valence-corrected chi connectivity index (χ1v) is 8.09. The highest BCUT2D eigenvalue weighted by Crippen LogP contribution is 2.27. The number of hydrogen-bond acceptors (Lipinski definition) is 3. The molecule has 0 radical (unpaired) electrons. The first-order valence-electron chi connectivity index (χ1n) is 6.80. The molecule has 0 fully saturated rings. The topological polar surface area (TPSA) is 29.3 Å². The van der Waals surface area contributed by atoms with Crippen LogP contribution in [0.3, 0.4) is 0 Å². The average Bonchev–Trinajstić information content (AvgIpc) is 2.96. The molecule has 106 valence electrons. The molecule has 2 rings (SSSR count). The molecule has 2 N–H and O–H groups in total. The van der Waals surface area contributed by atoms with E-state index in [2.05, 4.69) is 53.6 Å². The van der Waals surface area contributed by atoms with Crippen LogP contribution in [0.15, 0.2) is 47.8 Å². The Morgan fingerprint density at radius 2 is 2.00 bits per heavy atom. The molecule has 0 saturated heterocycles. The van der Waals surface area contributed by atoms with Gasteiger partial charge < -0.3 is 5.73 Å². The molecule has 20 heavy (non-hydrogen) atoms. The van der Waals surface area contributed by atoms with E-state index in [-0.39, 0.29) is 6.04 Å². The predicted octanol–water partition coefficient (Wildman–Crippen LogP) is 3.99. The Labute approximate surface area is 130 Å². The lowest BCUT2D eigenvalue weighted by molar-refractivity contribution is 0.205. The fourth-order valence-electron chi connectivity index (χ4n) is 2.37. The molecular formula is C16H20N2S2. The minimum absolute atomic E-state index is 0.251. The summed E-state index contributed by atoms with van der Waals surface area (Å²) >= 11 is 6.93. The number of nitrogens with two attached hydrogens (primary N) is 1. The van der Waals surface area contributed by atoms with Crippen LogP contribution in [0.1, 0.15) is 29.8 Å². The standard InChI is InChI=1S/C16H20N2S2/c1-2-18(12-14-9-6-10-20-14)15(11-16(17)19)13-7-4-3-5-8-13/h3-10,15H,2,11-12H2,1H3,(H2,17,19). The van der Waals surface area contributed by atoms with Crippen LogP contribution in [0, 0.1) is 0 Å². The third kappa shape index (κ3) is 4.13. The smallest absolute Gasteiger partial charge is 0.0746 e. The van der Waals surface area contributed by atoms with Gasteiger partial charge in [-0.1, -0.05) is 55.5 Å². The Kier molecular flexibility index (Phi) is 5.71. The molecule has 1 aromatic heterocycles. The van der Waals surface area contributed by atoms with E-state index in [1.165, 1.54) is 10.4 Å². The van der Waals surface area contributed by atoms with Gasteiger partial charge in [0, 0.05) is 23.9 Å². The summed E-state index contributed by atoms with van der Waals surface area (Å²) < 4.78 is 0. The Hall–Kier alpha value is -1.23. The summed E-state index contributed by atoms with van der Waals surface area (Å²) in [6.45, 7) is 4.10. The average molecular weight is 304 g/mol. The van der Waals surface area contributed by atoms with Crippen LogP contribution >= 0.6 is 23.6 Å². The Bertz CT molecular complexity index is 523. The van der Waals surface area contributed by atoms with Gasteiger partial charge in [-0.2, -0.15) is 0 Å². The summed E-state index contributed by atoms with van der Waals surface area (Å²) in [5, 5.41) is 2.12. The summed E-state index contributed by atoms with van der Waals surface area (Å²) in [6, 6.07) is 15.0. The van der Waals surface area contributed by atoms with E-state index in [9.17, 15) is 0 Å². The van der Waals surface area contributed by atoms with Gasteiger partial charge in [-0.3, -0.25) is 4.90 Å². The van der Waals surface area contributed by atoms with Crippen LogP contribution in [-0.4, -0.2) is 16.4 Å². The molecule has 4 heteroatoms. The Balaban J connectivity index is 2.21. The quantitative estimate of drug-likeness (QED) is 0.784. The monoisotopic (exact) mass is 304 g/mol. The van der Waals surface area contributed by atoms with Crippen LogP contribution < -0.4 is 5.73 Å². The van der Waals surface area contributed by atoms with Crippen molar-refractivity contribution in [2.75, 3.05) is 6.54 Å². The second kappa shape index (κ2) is 7.53. The zero-order valence-electron chi connectivity index (χ0n) is 11.7. The van der Waals surface area contributed by atoms with Crippen molar-refractivity contribution in [2.24, 2.45) is 5.73 Å². The molecule has 0 spiro atoms. The lowest BCUT2D eigenvalue weighted by Gasteiger charge is -2.30. The lowest BCUT2D eigenvalue weighted by atomic mass is 10.0. The number of nitrogens with zero attached hydrogens (tertiary/aromatic N) is 1. The highest BCUT2D eigenvalue weighted by atomic mass is 32.1. The highest BCUT2D eigenvalue weighted by molar-refractivity contribution is 7.80. The third-order valence-corrected chi connectivity index (χ3v) is 4.39. The van der Waals surface area contributed by atoms with Crippen molar-refractivity contribution in [3.63, 3.8) is 0 Å². The van der Waals surface area contributed by atoms with Crippen molar-refractivity contribution in [3.05, 3.63) is 58.3 Å². The van der Waals surface area contributed by atoms with Crippen LogP contribution in [-0.2, 0) is 6.54 Å². The van der Waals surface area contributed by atoms with Crippen molar-refractivity contribution in [2.45, 2.75) is 25.9 Å². The van der Waals surface area contributed by atoms with E-state index in [1.807, 2.05) is 6.07 Å². The second-order valence-corrected chi connectivity index (χ2v) is 6.30. The van der Waals surface area contributed by atoms with E-state index >= 15 is 0 Å². The normalized spacial score (nSPS) is 12.5. The molecule has 1 unspecified atom stereocenters. The molecular weight excluding hydrogens is 284 g/mol. The van der Waals surface area contributed by atoms with Crippen molar-refractivity contribution in [3.8, 4) is 0 Å². The maximum atomic E-state index is 5.80. The largest absolute Gasteiger partial charge is 0.393 e. The Morgan fingerprint density at radius 3 is 2.55 bits per heavy atom. The van der Waals surface area contributed by atoms with Gasteiger partial charge in [-0.05, 0) is 23.6 Å². The number of thiophene rings is 1. The lowest BCUT2D eigenvalue weighted by Crippen LogP contribution is -2.31. The zero-order chi connectivity index (χ0) is 14.4. The molecule has 0 bridgehead atoms. The van der Waals surface area contributed by atoms with Gasteiger partial charge in [0.1, 0.15) is 0 Å². The highest BCUT2D eigenvalue weighted by Gasteiger charge is 2.20. The van der Waals surface area contributed by atoms with Crippen molar-refractivity contribution >= 4 is 28.5 Å². The summed E-state index contributed by atoms with van der Waals surface area (Å²) in [7, 11) is 0. The SMILES string of the molecule is CCN(Cc1cccs1)C(CC(N)=S)c1ccccc1. The van der Waals surface area contributed by atoms with E-state index in [0.29, 0.717) is 4.99 Å². The third-order valence-electron chi connectivity index (χ3n) is 3.36. The van der Waals surface area contributed by atoms with Crippen molar-refractivity contribution in [1.29, 1.82) is 0 Å². The molecule has 0 aliphatic carbocycles. The van der Waals surface area contributed by atoms with Gasteiger partial charge in [0.15, 0.2) is 0 Å². The van der Waals surface area contributed by atoms with Crippen LogP contribution in [0.25, 0.3) is 0 Å².